The predicted octanol–water partition coefficient (Wildman–Crippen LogP) is 4.57. The van der Waals surface area contributed by atoms with Crippen LogP contribution in [0.4, 0.5) is 0 Å². The minimum absolute atomic E-state index is 1.05. The summed E-state index contributed by atoms with van der Waals surface area (Å²) in [5, 5.41) is 2.50. The van der Waals surface area contributed by atoms with Gasteiger partial charge in [-0.3, -0.25) is 9.88 Å². The molecule has 0 saturated carbocycles. The molecular formula is C22H22N2. The predicted molar refractivity (Wildman–Crippen MR) is 101 cm³/mol. The first-order chi connectivity index (χ1) is 11.9. The molecule has 24 heavy (non-hydrogen) atoms. The molecule has 0 radical (unpaired) electrons. The minimum Gasteiger partial charge on any atom is -0.299 e. The van der Waals surface area contributed by atoms with Gasteiger partial charge in [0.2, 0.25) is 0 Å². The monoisotopic (exact) mass is 314 g/mol. The molecule has 0 amide bonds. The van der Waals surface area contributed by atoms with E-state index in [1.165, 1.54) is 27.5 Å². The standard InChI is InChI=1S/C22H22N2/c1-2-4-19(5-3-1)21-10-14-24(15-11-21)13-9-18-6-7-20-8-12-23-17-22(20)16-18/h1-8,10,12,16-17H,9,11,13-15H2. The average molecular weight is 314 g/mol. The summed E-state index contributed by atoms with van der Waals surface area (Å²) in [7, 11) is 0. The Bertz CT molecular complexity index is 852. The van der Waals surface area contributed by atoms with E-state index in [2.05, 4.69) is 70.6 Å². The van der Waals surface area contributed by atoms with Crippen LogP contribution in [0.25, 0.3) is 16.3 Å². The van der Waals surface area contributed by atoms with Gasteiger partial charge in [-0.15, -0.1) is 0 Å². The number of hydrogen-bond acceptors (Lipinski definition) is 2. The van der Waals surface area contributed by atoms with Crippen LogP contribution < -0.4 is 0 Å². The lowest BCUT2D eigenvalue weighted by atomic mass is 9.99. The normalized spacial score (nSPS) is 15.4. The van der Waals surface area contributed by atoms with Gasteiger partial charge in [0.15, 0.2) is 0 Å². The second kappa shape index (κ2) is 6.98. The summed E-state index contributed by atoms with van der Waals surface area (Å²) >= 11 is 0. The fourth-order valence-corrected chi connectivity index (χ4v) is 3.41. The Hall–Kier alpha value is -2.45. The molecule has 120 valence electrons. The summed E-state index contributed by atoms with van der Waals surface area (Å²) in [5.74, 6) is 0. The molecule has 0 bridgehead atoms. The molecular weight excluding hydrogens is 292 g/mol. The lowest BCUT2D eigenvalue weighted by Gasteiger charge is -2.26. The van der Waals surface area contributed by atoms with Crippen LogP contribution in [-0.4, -0.2) is 29.5 Å². The van der Waals surface area contributed by atoms with Crippen LogP contribution in [0.5, 0.6) is 0 Å². The van der Waals surface area contributed by atoms with E-state index in [4.69, 9.17) is 0 Å². The van der Waals surface area contributed by atoms with Gasteiger partial charge in [-0.1, -0.05) is 48.5 Å². The maximum absolute atomic E-state index is 4.22. The summed E-state index contributed by atoms with van der Waals surface area (Å²) in [5.41, 5.74) is 4.26. The van der Waals surface area contributed by atoms with Crippen molar-refractivity contribution in [2.45, 2.75) is 12.8 Å². The summed E-state index contributed by atoms with van der Waals surface area (Å²) in [6, 6.07) is 19.5. The van der Waals surface area contributed by atoms with Crippen molar-refractivity contribution in [3.8, 4) is 0 Å². The number of hydrogen-bond donors (Lipinski definition) is 0. The van der Waals surface area contributed by atoms with Crippen molar-refractivity contribution in [3.63, 3.8) is 0 Å². The lowest BCUT2D eigenvalue weighted by molar-refractivity contribution is 0.306. The first-order valence-electron chi connectivity index (χ1n) is 8.68. The Morgan fingerprint density at radius 2 is 1.88 bits per heavy atom. The van der Waals surface area contributed by atoms with Gasteiger partial charge < -0.3 is 0 Å². The van der Waals surface area contributed by atoms with E-state index in [-0.39, 0.29) is 0 Å². The molecule has 0 N–H and O–H groups in total. The highest BCUT2D eigenvalue weighted by molar-refractivity contribution is 5.82. The zero-order valence-corrected chi connectivity index (χ0v) is 13.9. The highest BCUT2D eigenvalue weighted by Crippen LogP contribution is 2.22. The Morgan fingerprint density at radius 1 is 0.958 bits per heavy atom. The number of nitrogens with zero attached hydrogens (tertiary/aromatic N) is 2. The molecule has 2 aromatic carbocycles. The second-order valence-corrected chi connectivity index (χ2v) is 6.45. The van der Waals surface area contributed by atoms with Gasteiger partial charge in [0.05, 0.1) is 0 Å². The third-order valence-corrected chi connectivity index (χ3v) is 4.86. The third-order valence-electron chi connectivity index (χ3n) is 4.86. The Morgan fingerprint density at radius 3 is 2.71 bits per heavy atom. The first kappa shape index (κ1) is 15.1. The van der Waals surface area contributed by atoms with Crippen LogP contribution in [-0.2, 0) is 6.42 Å². The van der Waals surface area contributed by atoms with E-state index in [9.17, 15) is 0 Å². The molecule has 0 aliphatic carbocycles. The second-order valence-electron chi connectivity index (χ2n) is 6.45. The van der Waals surface area contributed by atoms with Crippen LogP contribution >= 0.6 is 0 Å². The van der Waals surface area contributed by atoms with Gasteiger partial charge in [0, 0.05) is 37.4 Å². The molecule has 0 saturated heterocycles. The van der Waals surface area contributed by atoms with Gasteiger partial charge in [-0.2, -0.15) is 0 Å². The molecule has 2 heteroatoms. The zero-order valence-electron chi connectivity index (χ0n) is 13.9. The highest BCUT2D eigenvalue weighted by Gasteiger charge is 2.12. The van der Waals surface area contributed by atoms with Crippen LogP contribution in [0, 0.1) is 0 Å². The summed E-state index contributed by atoms with van der Waals surface area (Å²) in [6.45, 7) is 3.32. The van der Waals surface area contributed by atoms with Gasteiger partial charge in [0.25, 0.3) is 0 Å². The maximum Gasteiger partial charge on any atom is 0.0346 e. The van der Waals surface area contributed by atoms with E-state index in [0.717, 1.165) is 32.5 Å². The summed E-state index contributed by atoms with van der Waals surface area (Å²) in [4.78, 5) is 6.76. The molecule has 1 aliphatic rings. The van der Waals surface area contributed by atoms with Crippen molar-refractivity contribution in [2.75, 3.05) is 19.6 Å². The molecule has 1 aromatic heterocycles. The summed E-state index contributed by atoms with van der Waals surface area (Å²) < 4.78 is 0. The van der Waals surface area contributed by atoms with Gasteiger partial charge in [-0.05, 0) is 47.1 Å². The number of fused-ring (bicyclic) bond motifs is 1. The molecule has 0 atom stereocenters. The molecule has 0 spiro atoms. The van der Waals surface area contributed by atoms with Gasteiger partial charge >= 0.3 is 0 Å². The average Bonchev–Trinajstić information content (AvgIpc) is 2.67. The maximum atomic E-state index is 4.22. The van der Waals surface area contributed by atoms with Crippen LogP contribution in [0.1, 0.15) is 17.5 Å². The van der Waals surface area contributed by atoms with Crippen molar-refractivity contribution >= 4 is 16.3 Å². The fourth-order valence-electron chi connectivity index (χ4n) is 3.41. The zero-order chi connectivity index (χ0) is 16.2. The van der Waals surface area contributed by atoms with E-state index in [1.54, 1.807) is 0 Å². The number of pyridine rings is 1. The van der Waals surface area contributed by atoms with Crippen molar-refractivity contribution in [1.29, 1.82) is 0 Å². The number of rotatable bonds is 4. The Labute approximate surface area is 143 Å². The van der Waals surface area contributed by atoms with Crippen molar-refractivity contribution in [3.05, 3.63) is 84.2 Å². The number of aromatic nitrogens is 1. The van der Waals surface area contributed by atoms with E-state index in [0.29, 0.717) is 0 Å². The lowest BCUT2D eigenvalue weighted by Crippen LogP contribution is -2.30. The van der Waals surface area contributed by atoms with Crippen molar-refractivity contribution in [1.82, 2.24) is 9.88 Å². The van der Waals surface area contributed by atoms with Gasteiger partial charge in [0.1, 0.15) is 0 Å². The minimum atomic E-state index is 1.05. The van der Waals surface area contributed by atoms with Gasteiger partial charge in [-0.25, -0.2) is 0 Å². The summed E-state index contributed by atoms with van der Waals surface area (Å²) in [6.07, 6.45) is 8.44. The molecule has 4 rings (SSSR count). The van der Waals surface area contributed by atoms with Crippen LogP contribution in [0.15, 0.2) is 73.1 Å². The fraction of sp³-hybridized carbons (Fsp3) is 0.227. The first-order valence-corrected chi connectivity index (χ1v) is 8.68. The topological polar surface area (TPSA) is 16.1 Å². The molecule has 2 heterocycles. The quantitative estimate of drug-likeness (QED) is 0.701. The smallest absolute Gasteiger partial charge is 0.0346 e. The van der Waals surface area contributed by atoms with Crippen LogP contribution in [0.3, 0.4) is 0 Å². The van der Waals surface area contributed by atoms with Crippen molar-refractivity contribution < 1.29 is 0 Å². The molecule has 0 unspecified atom stereocenters. The molecule has 1 aliphatic heterocycles. The SMILES string of the molecule is C1=C(c2ccccc2)CCN(CCc2ccc3ccncc3c2)C1. The Kier molecular flexibility index (Phi) is 4.39. The molecule has 3 aromatic rings. The van der Waals surface area contributed by atoms with E-state index in [1.807, 2.05) is 12.4 Å². The Balaban J connectivity index is 1.37. The van der Waals surface area contributed by atoms with E-state index < -0.39 is 0 Å². The molecule has 2 nitrogen and oxygen atoms in total. The van der Waals surface area contributed by atoms with E-state index >= 15 is 0 Å². The van der Waals surface area contributed by atoms with Crippen LogP contribution in [0.2, 0.25) is 0 Å². The molecule has 0 fully saturated rings. The van der Waals surface area contributed by atoms with Crippen molar-refractivity contribution in [2.24, 2.45) is 0 Å². The third kappa shape index (κ3) is 3.39. The number of benzene rings is 2. The largest absolute Gasteiger partial charge is 0.299 e. The highest BCUT2D eigenvalue weighted by atomic mass is 15.1.